The fourth-order valence-corrected chi connectivity index (χ4v) is 4.46. The van der Waals surface area contributed by atoms with Crippen LogP contribution in [0.4, 0.5) is 0 Å². The third-order valence-corrected chi connectivity index (χ3v) is 6.21. The van der Waals surface area contributed by atoms with E-state index in [1.807, 2.05) is 29.2 Å². The standard InChI is InChI=1S/C23H28N4O3/c24-17-23(9-5-1-2-6-10-23)25-21(28)16-26-11-13-27(14-12-26)22(29)20-15-18-7-3-4-8-19(18)30-20/h3-4,7-8,15H,1-2,5-6,9-14,16H2,(H,25,28). The highest BCUT2D eigenvalue weighted by Crippen LogP contribution is 2.26. The Labute approximate surface area is 176 Å². The highest BCUT2D eigenvalue weighted by Gasteiger charge is 2.33. The second-order valence-electron chi connectivity index (χ2n) is 8.37. The normalized spacial score (nSPS) is 19.8. The van der Waals surface area contributed by atoms with Gasteiger partial charge in [0.1, 0.15) is 11.1 Å². The summed E-state index contributed by atoms with van der Waals surface area (Å²) in [5, 5.41) is 13.6. The molecule has 1 aromatic carbocycles. The number of amides is 2. The average molecular weight is 409 g/mol. The Bertz CT molecular complexity index is 912. The highest BCUT2D eigenvalue weighted by atomic mass is 16.3. The van der Waals surface area contributed by atoms with Crippen LogP contribution < -0.4 is 5.32 Å². The Balaban J connectivity index is 1.29. The van der Waals surface area contributed by atoms with Gasteiger partial charge in [0.15, 0.2) is 5.76 Å². The van der Waals surface area contributed by atoms with Crippen molar-refractivity contribution in [2.24, 2.45) is 0 Å². The molecule has 2 amide bonds. The molecule has 1 aliphatic carbocycles. The fourth-order valence-electron chi connectivity index (χ4n) is 4.46. The minimum atomic E-state index is -0.716. The van der Waals surface area contributed by atoms with Crippen LogP contribution in [0.15, 0.2) is 34.7 Å². The number of nitriles is 1. The zero-order valence-corrected chi connectivity index (χ0v) is 17.2. The van der Waals surface area contributed by atoms with E-state index in [2.05, 4.69) is 11.4 Å². The monoisotopic (exact) mass is 408 g/mol. The van der Waals surface area contributed by atoms with Gasteiger partial charge in [0.05, 0.1) is 12.6 Å². The Morgan fingerprint density at radius 2 is 1.77 bits per heavy atom. The summed E-state index contributed by atoms with van der Waals surface area (Å²) in [6, 6.07) is 11.7. The van der Waals surface area contributed by atoms with Crippen molar-refractivity contribution in [2.45, 2.75) is 44.1 Å². The first-order chi connectivity index (χ1) is 14.6. The van der Waals surface area contributed by atoms with Gasteiger partial charge >= 0.3 is 0 Å². The molecule has 7 nitrogen and oxygen atoms in total. The van der Waals surface area contributed by atoms with Crippen molar-refractivity contribution in [3.63, 3.8) is 0 Å². The molecular formula is C23H28N4O3. The second-order valence-corrected chi connectivity index (χ2v) is 8.37. The fraction of sp³-hybridized carbons (Fsp3) is 0.522. The van der Waals surface area contributed by atoms with Crippen molar-refractivity contribution < 1.29 is 14.0 Å². The molecule has 2 aliphatic rings. The Hall–Kier alpha value is -2.85. The quantitative estimate of drug-likeness (QED) is 0.786. The summed E-state index contributed by atoms with van der Waals surface area (Å²) >= 11 is 0. The van der Waals surface area contributed by atoms with E-state index in [9.17, 15) is 14.9 Å². The first-order valence-corrected chi connectivity index (χ1v) is 10.8. The van der Waals surface area contributed by atoms with Gasteiger partial charge in [-0.2, -0.15) is 5.26 Å². The number of para-hydroxylation sites is 1. The predicted molar refractivity (Wildman–Crippen MR) is 113 cm³/mol. The van der Waals surface area contributed by atoms with Crippen LogP contribution >= 0.6 is 0 Å². The molecule has 1 aromatic heterocycles. The molecule has 0 spiro atoms. The maximum atomic E-state index is 12.8. The Kier molecular flexibility index (Phi) is 6.05. The van der Waals surface area contributed by atoms with Gasteiger partial charge in [-0.05, 0) is 25.0 Å². The van der Waals surface area contributed by atoms with E-state index < -0.39 is 5.54 Å². The van der Waals surface area contributed by atoms with E-state index in [-0.39, 0.29) is 18.4 Å². The lowest BCUT2D eigenvalue weighted by molar-refractivity contribution is -0.124. The van der Waals surface area contributed by atoms with Crippen LogP contribution in [-0.4, -0.2) is 59.9 Å². The third kappa shape index (κ3) is 4.49. The van der Waals surface area contributed by atoms with E-state index in [1.165, 1.54) is 0 Å². The molecule has 0 atom stereocenters. The van der Waals surface area contributed by atoms with E-state index in [1.54, 1.807) is 11.0 Å². The van der Waals surface area contributed by atoms with Crippen molar-refractivity contribution in [1.29, 1.82) is 5.26 Å². The Morgan fingerprint density at radius 3 is 2.43 bits per heavy atom. The number of hydrogen-bond donors (Lipinski definition) is 1. The van der Waals surface area contributed by atoms with Crippen molar-refractivity contribution in [3.8, 4) is 6.07 Å². The zero-order valence-electron chi connectivity index (χ0n) is 17.2. The van der Waals surface area contributed by atoms with Crippen molar-refractivity contribution in [3.05, 3.63) is 36.1 Å². The Morgan fingerprint density at radius 1 is 1.07 bits per heavy atom. The molecule has 0 bridgehead atoms. The van der Waals surface area contributed by atoms with E-state index >= 15 is 0 Å². The van der Waals surface area contributed by atoms with Gasteiger partial charge in [-0.25, -0.2) is 0 Å². The van der Waals surface area contributed by atoms with Crippen LogP contribution in [0, 0.1) is 11.3 Å². The molecule has 158 valence electrons. The summed E-state index contributed by atoms with van der Waals surface area (Å²) < 4.78 is 5.69. The van der Waals surface area contributed by atoms with Crippen LogP contribution in [-0.2, 0) is 4.79 Å². The van der Waals surface area contributed by atoms with Gasteiger partial charge in [0, 0.05) is 31.6 Å². The summed E-state index contributed by atoms with van der Waals surface area (Å²) in [6.45, 7) is 2.60. The smallest absolute Gasteiger partial charge is 0.289 e. The number of nitrogens with one attached hydrogen (secondary N) is 1. The summed E-state index contributed by atoms with van der Waals surface area (Å²) in [5.74, 6) is 0.138. The summed E-state index contributed by atoms with van der Waals surface area (Å²) in [4.78, 5) is 29.2. The zero-order chi connectivity index (χ0) is 21.0. The molecule has 1 saturated carbocycles. The number of carbonyl (C=O) groups excluding carboxylic acids is 2. The van der Waals surface area contributed by atoms with Gasteiger partial charge in [0.2, 0.25) is 5.91 Å². The lowest BCUT2D eigenvalue weighted by Crippen LogP contribution is -2.54. The molecule has 30 heavy (non-hydrogen) atoms. The molecular weight excluding hydrogens is 380 g/mol. The van der Waals surface area contributed by atoms with Gasteiger partial charge in [-0.1, -0.05) is 43.9 Å². The van der Waals surface area contributed by atoms with Gasteiger partial charge in [0.25, 0.3) is 5.91 Å². The van der Waals surface area contributed by atoms with Crippen LogP contribution in [0.5, 0.6) is 0 Å². The van der Waals surface area contributed by atoms with Crippen LogP contribution in [0.1, 0.15) is 49.1 Å². The number of fused-ring (bicyclic) bond motifs is 1. The van der Waals surface area contributed by atoms with Gasteiger partial charge < -0.3 is 14.6 Å². The van der Waals surface area contributed by atoms with Crippen LogP contribution in [0.25, 0.3) is 11.0 Å². The van der Waals surface area contributed by atoms with Gasteiger partial charge in [-0.3, -0.25) is 14.5 Å². The number of furan rings is 1. The number of rotatable bonds is 4. The predicted octanol–water partition coefficient (Wildman–Crippen LogP) is 2.92. The van der Waals surface area contributed by atoms with Crippen LogP contribution in [0.3, 0.4) is 0 Å². The maximum absolute atomic E-state index is 12.8. The molecule has 7 heteroatoms. The van der Waals surface area contributed by atoms with Gasteiger partial charge in [-0.15, -0.1) is 0 Å². The molecule has 4 rings (SSSR count). The molecule has 2 heterocycles. The summed E-state index contributed by atoms with van der Waals surface area (Å²) in [5.41, 5.74) is -0.00627. The first kappa shape index (κ1) is 20.4. The number of hydrogen-bond acceptors (Lipinski definition) is 5. The van der Waals surface area contributed by atoms with Crippen molar-refractivity contribution in [2.75, 3.05) is 32.7 Å². The van der Waals surface area contributed by atoms with Crippen molar-refractivity contribution in [1.82, 2.24) is 15.1 Å². The third-order valence-electron chi connectivity index (χ3n) is 6.21. The lowest BCUT2D eigenvalue weighted by Gasteiger charge is -2.34. The van der Waals surface area contributed by atoms with E-state index in [0.717, 1.165) is 43.9 Å². The van der Waals surface area contributed by atoms with Crippen LogP contribution in [0.2, 0.25) is 0 Å². The maximum Gasteiger partial charge on any atom is 0.289 e. The molecule has 0 radical (unpaired) electrons. The molecule has 0 unspecified atom stereocenters. The molecule has 1 saturated heterocycles. The van der Waals surface area contributed by atoms with E-state index in [4.69, 9.17) is 4.42 Å². The van der Waals surface area contributed by atoms with Crippen molar-refractivity contribution >= 4 is 22.8 Å². The minimum absolute atomic E-state index is 0.101. The second kappa shape index (κ2) is 8.88. The topological polar surface area (TPSA) is 89.6 Å². The molecule has 2 fully saturated rings. The number of benzene rings is 1. The number of carbonyl (C=O) groups is 2. The number of piperazine rings is 1. The molecule has 2 aromatic rings. The SMILES string of the molecule is N#CC1(NC(=O)CN2CCN(C(=O)c3cc4ccccc4o3)CC2)CCCCCC1. The molecule has 1 aliphatic heterocycles. The lowest BCUT2D eigenvalue weighted by atomic mass is 9.92. The summed E-state index contributed by atoms with van der Waals surface area (Å²) in [6.07, 6.45) is 5.68. The first-order valence-electron chi connectivity index (χ1n) is 10.8. The largest absolute Gasteiger partial charge is 0.451 e. The number of nitrogens with zero attached hydrogens (tertiary/aromatic N) is 3. The van der Waals surface area contributed by atoms with E-state index in [0.29, 0.717) is 37.5 Å². The summed E-state index contributed by atoms with van der Waals surface area (Å²) in [7, 11) is 0. The average Bonchev–Trinajstić information content (AvgIpc) is 3.07. The minimum Gasteiger partial charge on any atom is -0.451 e. The highest BCUT2D eigenvalue weighted by molar-refractivity contribution is 5.96. The molecule has 1 N–H and O–H groups in total.